The molecule has 146 valence electrons. The second-order valence-electron chi connectivity index (χ2n) is 7.07. The molecule has 0 amide bonds. The van der Waals surface area contributed by atoms with Gasteiger partial charge in [0.05, 0.1) is 7.11 Å². The van der Waals surface area contributed by atoms with Crippen LogP contribution in [0.1, 0.15) is 17.5 Å². The second-order valence-corrected chi connectivity index (χ2v) is 7.95. The first-order chi connectivity index (χ1) is 13.2. The van der Waals surface area contributed by atoms with E-state index in [9.17, 15) is 5.11 Å². The predicted octanol–water partition coefficient (Wildman–Crippen LogP) is 3.49. The summed E-state index contributed by atoms with van der Waals surface area (Å²) in [5.74, 6) is 0.901. The van der Waals surface area contributed by atoms with Crippen molar-refractivity contribution < 1.29 is 9.84 Å². The monoisotopic (exact) mass is 386 g/mol. The largest absolute Gasteiger partial charge is 0.497 e. The topological polar surface area (TPSA) is 35.9 Å². The summed E-state index contributed by atoms with van der Waals surface area (Å²) in [4.78, 5) is 6.33. The highest BCUT2D eigenvalue weighted by molar-refractivity contribution is 7.98. The lowest BCUT2D eigenvalue weighted by molar-refractivity contribution is 0.0499. The van der Waals surface area contributed by atoms with Crippen LogP contribution in [0.3, 0.4) is 0 Å². The SMILES string of the molecule is COc1cccc(CN2CCN(Cc3cccc(SC)c3)C[C@@H]2CCO)c1. The molecular weight excluding hydrogens is 356 g/mol. The molecule has 1 fully saturated rings. The van der Waals surface area contributed by atoms with E-state index >= 15 is 0 Å². The number of hydrogen-bond acceptors (Lipinski definition) is 5. The molecule has 0 saturated carbocycles. The fraction of sp³-hybridized carbons (Fsp3) is 0.455. The quantitative estimate of drug-likeness (QED) is 0.703. The van der Waals surface area contributed by atoms with Crippen LogP contribution in [0.15, 0.2) is 53.4 Å². The minimum Gasteiger partial charge on any atom is -0.497 e. The van der Waals surface area contributed by atoms with E-state index in [1.165, 1.54) is 16.0 Å². The third kappa shape index (κ3) is 5.72. The summed E-state index contributed by atoms with van der Waals surface area (Å²) in [5.41, 5.74) is 2.63. The van der Waals surface area contributed by atoms with Gasteiger partial charge in [0.2, 0.25) is 0 Å². The molecule has 0 spiro atoms. The van der Waals surface area contributed by atoms with Gasteiger partial charge in [-0.1, -0.05) is 24.3 Å². The molecule has 0 bridgehead atoms. The number of piperazine rings is 1. The van der Waals surface area contributed by atoms with Gasteiger partial charge in [-0.25, -0.2) is 0 Å². The van der Waals surface area contributed by atoms with Crippen LogP contribution in [-0.4, -0.2) is 60.6 Å². The molecule has 1 saturated heterocycles. The summed E-state index contributed by atoms with van der Waals surface area (Å²) in [6.45, 7) is 5.17. The number of aliphatic hydroxyl groups excluding tert-OH is 1. The minimum absolute atomic E-state index is 0.231. The van der Waals surface area contributed by atoms with Crippen molar-refractivity contribution in [1.82, 2.24) is 9.80 Å². The maximum atomic E-state index is 9.56. The highest BCUT2D eigenvalue weighted by atomic mass is 32.2. The number of rotatable bonds is 8. The van der Waals surface area contributed by atoms with Gasteiger partial charge in [-0.3, -0.25) is 9.80 Å². The van der Waals surface area contributed by atoms with E-state index in [4.69, 9.17) is 4.74 Å². The minimum atomic E-state index is 0.231. The number of thioether (sulfide) groups is 1. The molecule has 1 N–H and O–H groups in total. The summed E-state index contributed by atoms with van der Waals surface area (Å²) in [6.07, 6.45) is 2.93. The average molecular weight is 387 g/mol. The molecule has 0 aliphatic carbocycles. The highest BCUT2D eigenvalue weighted by Crippen LogP contribution is 2.22. The Morgan fingerprint density at radius 2 is 1.85 bits per heavy atom. The molecule has 3 rings (SSSR count). The first kappa shape index (κ1) is 20.2. The van der Waals surface area contributed by atoms with Crippen LogP contribution in [0.5, 0.6) is 5.75 Å². The Morgan fingerprint density at radius 3 is 2.59 bits per heavy atom. The number of aliphatic hydroxyl groups is 1. The van der Waals surface area contributed by atoms with Crippen LogP contribution in [0.4, 0.5) is 0 Å². The number of ether oxygens (including phenoxy) is 1. The lowest BCUT2D eigenvalue weighted by Gasteiger charge is -2.41. The fourth-order valence-corrected chi connectivity index (χ4v) is 4.25. The lowest BCUT2D eigenvalue weighted by Crippen LogP contribution is -2.52. The van der Waals surface area contributed by atoms with Gasteiger partial charge < -0.3 is 9.84 Å². The first-order valence-corrected chi connectivity index (χ1v) is 10.8. The smallest absolute Gasteiger partial charge is 0.119 e. The Balaban J connectivity index is 1.63. The van der Waals surface area contributed by atoms with Gasteiger partial charge in [0.25, 0.3) is 0 Å². The summed E-state index contributed by atoms with van der Waals surface area (Å²) in [6, 6.07) is 17.5. The van der Waals surface area contributed by atoms with Crippen molar-refractivity contribution in [2.45, 2.75) is 30.4 Å². The van der Waals surface area contributed by atoms with E-state index in [1.807, 2.05) is 12.1 Å². The molecule has 0 unspecified atom stereocenters. The van der Waals surface area contributed by atoms with Gasteiger partial charge in [-0.2, -0.15) is 0 Å². The van der Waals surface area contributed by atoms with E-state index in [1.54, 1.807) is 18.9 Å². The Labute approximate surface area is 167 Å². The standard InChI is InChI=1S/C22H30N2O2S/c1-26-21-7-3-5-18(13-21)16-24-11-10-23(17-20(24)9-12-25)15-19-6-4-8-22(14-19)27-2/h3-8,13-14,20,25H,9-12,15-17H2,1-2H3/t20-/m0/s1. The third-order valence-electron chi connectivity index (χ3n) is 5.21. The summed E-state index contributed by atoms with van der Waals surface area (Å²) >= 11 is 1.79. The normalized spacial score (nSPS) is 18.6. The van der Waals surface area contributed by atoms with Crippen molar-refractivity contribution in [3.63, 3.8) is 0 Å². The van der Waals surface area contributed by atoms with Gasteiger partial charge in [-0.15, -0.1) is 11.8 Å². The van der Waals surface area contributed by atoms with Crippen molar-refractivity contribution in [2.24, 2.45) is 0 Å². The third-order valence-corrected chi connectivity index (χ3v) is 5.94. The maximum Gasteiger partial charge on any atom is 0.119 e. The Hall–Kier alpha value is -1.53. The van der Waals surface area contributed by atoms with Crippen LogP contribution in [-0.2, 0) is 13.1 Å². The molecular formula is C22H30N2O2S. The van der Waals surface area contributed by atoms with Gasteiger partial charge in [0.1, 0.15) is 5.75 Å². The molecule has 2 aromatic carbocycles. The molecule has 1 heterocycles. The van der Waals surface area contributed by atoms with Crippen molar-refractivity contribution in [2.75, 3.05) is 39.6 Å². The molecule has 1 aliphatic heterocycles. The molecule has 2 aromatic rings. The van der Waals surface area contributed by atoms with Crippen LogP contribution in [0, 0.1) is 0 Å². The zero-order valence-electron chi connectivity index (χ0n) is 16.3. The Morgan fingerprint density at radius 1 is 1.07 bits per heavy atom. The van der Waals surface area contributed by atoms with Crippen LogP contribution < -0.4 is 4.74 Å². The zero-order chi connectivity index (χ0) is 19.1. The van der Waals surface area contributed by atoms with Gasteiger partial charge >= 0.3 is 0 Å². The van der Waals surface area contributed by atoms with E-state index in [0.29, 0.717) is 6.04 Å². The van der Waals surface area contributed by atoms with E-state index in [0.717, 1.165) is 44.9 Å². The number of nitrogens with zero attached hydrogens (tertiary/aromatic N) is 2. The Bertz CT molecular complexity index is 725. The van der Waals surface area contributed by atoms with Gasteiger partial charge in [0, 0.05) is 50.3 Å². The van der Waals surface area contributed by atoms with Crippen molar-refractivity contribution in [3.05, 3.63) is 59.7 Å². The molecule has 4 nitrogen and oxygen atoms in total. The van der Waals surface area contributed by atoms with Crippen molar-refractivity contribution in [3.8, 4) is 5.75 Å². The van der Waals surface area contributed by atoms with Crippen LogP contribution in [0.25, 0.3) is 0 Å². The van der Waals surface area contributed by atoms with E-state index in [2.05, 4.69) is 52.5 Å². The number of benzene rings is 2. The van der Waals surface area contributed by atoms with Crippen molar-refractivity contribution >= 4 is 11.8 Å². The summed E-state index contributed by atoms with van der Waals surface area (Å²) in [7, 11) is 1.71. The molecule has 0 radical (unpaired) electrons. The maximum absolute atomic E-state index is 9.56. The van der Waals surface area contributed by atoms with E-state index in [-0.39, 0.29) is 6.61 Å². The summed E-state index contributed by atoms with van der Waals surface area (Å²) in [5, 5.41) is 9.56. The van der Waals surface area contributed by atoms with Gasteiger partial charge in [-0.05, 0) is 48.1 Å². The summed E-state index contributed by atoms with van der Waals surface area (Å²) < 4.78 is 5.35. The number of hydrogen-bond donors (Lipinski definition) is 1. The van der Waals surface area contributed by atoms with Crippen molar-refractivity contribution in [1.29, 1.82) is 0 Å². The molecule has 0 aromatic heterocycles. The lowest BCUT2D eigenvalue weighted by atomic mass is 10.1. The molecule has 27 heavy (non-hydrogen) atoms. The Kier molecular flexibility index (Phi) is 7.59. The van der Waals surface area contributed by atoms with Gasteiger partial charge in [0.15, 0.2) is 0 Å². The first-order valence-electron chi connectivity index (χ1n) is 9.55. The number of methoxy groups -OCH3 is 1. The van der Waals surface area contributed by atoms with Crippen LogP contribution in [0.2, 0.25) is 0 Å². The fourth-order valence-electron chi connectivity index (χ4n) is 3.77. The van der Waals surface area contributed by atoms with Crippen LogP contribution >= 0.6 is 11.8 Å². The zero-order valence-corrected chi connectivity index (χ0v) is 17.1. The molecule has 5 heteroatoms. The average Bonchev–Trinajstić information content (AvgIpc) is 2.70. The molecule has 1 aliphatic rings. The van der Waals surface area contributed by atoms with E-state index < -0.39 is 0 Å². The second kappa shape index (κ2) is 10.1. The highest BCUT2D eigenvalue weighted by Gasteiger charge is 2.26. The molecule has 1 atom stereocenters. The predicted molar refractivity (Wildman–Crippen MR) is 112 cm³/mol.